The molecule has 0 radical (unpaired) electrons. The Labute approximate surface area is 254 Å². The summed E-state index contributed by atoms with van der Waals surface area (Å²) in [6.45, 7) is 19.2. The molecule has 236 valence electrons. The molecule has 0 N–H and O–H groups in total. The van der Waals surface area contributed by atoms with E-state index < -0.39 is 7.82 Å². The molecule has 0 spiro atoms. The van der Waals surface area contributed by atoms with E-state index in [0.29, 0.717) is 17.3 Å². The average Bonchev–Trinajstić information content (AvgIpc) is 2.95. The molecule has 0 aliphatic heterocycles. The van der Waals surface area contributed by atoms with Crippen LogP contribution in [0, 0.1) is 0 Å². The lowest BCUT2D eigenvalue weighted by Gasteiger charge is -2.26. The first-order valence-electron chi connectivity index (χ1n) is 16.7. The van der Waals surface area contributed by atoms with Crippen LogP contribution in [0.5, 0.6) is 0 Å². The van der Waals surface area contributed by atoms with Crippen LogP contribution in [-0.2, 0) is 18.1 Å². The van der Waals surface area contributed by atoms with Crippen molar-refractivity contribution in [3.8, 4) is 0 Å². The minimum atomic E-state index is -4.14. The van der Waals surface area contributed by atoms with Crippen molar-refractivity contribution in [3.05, 3.63) is 70.5 Å². The Morgan fingerprint density at radius 1 is 0.439 bits per heavy atom. The van der Waals surface area contributed by atoms with E-state index in [2.05, 4.69) is 98.8 Å². The van der Waals surface area contributed by atoms with Crippen LogP contribution in [0.15, 0.2) is 70.5 Å². The van der Waals surface area contributed by atoms with Gasteiger partial charge >= 0.3 is 7.82 Å². The maximum Gasteiger partial charge on any atom is 0.647 e. The lowest BCUT2D eigenvalue weighted by Crippen LogP contribution is -2.06. The Kier molecular flexibility index (Phi) is 23.5. The third-order valence-corrected chi connectivity index (χ3v) is 7.61. The fraction of sp³-hybridized carbons (Fsp3) is 0.667. The quantitative estimate of drug-likeness (QED) is 0.0637. The molecule has 0 saturated heterocycles. The van der Waals surface area contributed by atoms with Gasteiger partial charge in [0, 0.05) is 0 Å². The second kappa shape index (κ2) is 24.6. The highest BCUT2D eigenvalue weighted by Gasteiger charge is 2.37. The van der Waals surface area contributed by atoms with Gasteiger partial charge in [-0.2, -0.15) is 4.57 Å². The first-order chi connectivity index (χ1) is 19.8. The molecule has 0 heterocycles. The Balaban J connectivity index is 7.19. The fourth-order valence-electron chi connectivity index (χ4n) is 4.45. The summed E-state index contributed by atoms with van der Waals surface area (Å²) in [7, 11) is -4.14. The van der Waals surface area contributed by atoms with Crippen LogP contribution in [0.2, 0.25) is 0 Å². The van der Waals surface area contributed by atoms with Crippen LogP contribution in [0.4, 0.5) is 0 Å². The molecular formula is C36H63O4P. The van der Waals surface area contributed by atoms with Gasteiger partial charge in [0.15, 0.2) is 0 Å². The highest BCUT2D eigenvalue weighted by atomic mass is 31.2. The molecule has 4 nitrogen and oxygen atoms in total. The Bertz CT molecular complexity index is 814. The van der Waals surface area contributed by atoms with Gasteiger partial charge in [-0.1, -0.05) is 119 Å². The summed E-state index contributed by atoms with van der Waals surface area (Å²) in [6.07, 6.45) is 26.1. The molecule has 0 amide bonds. The summed E-state index contributed by atoms with van der Waals surface area (Å²) < 4.78 is 34.5. The number of unbranched alkanes of at least 4 members (excludes halogenated alkanes) is 3. The summed E-state index contributed by atoms with van der Waals surface area (Å²) in [5, 5.41) is 0. The molecule has 41 heavy (non-hydrogen) atoms. The third-order valence-electron chi connectivity index (χ3n) is 6.34. The van der Waals surface area contributed by atoms with Crippen molar-refractivity contribution in [2.45, 2.75) is 159 Å². The molecule has 0 aromatic rings. The molecule has 0 bridgehead atoms. The maximum absolute atomic E-state index is 15.0. The summed E-state index contributed by atoms with van der Waals surface area (Å²) >= 11 is 0. The summed E-state index contributed by atoms with van der Waals surface area (Å²) in [4.78, 5) is 0. The van der Waals surface area contributed by atoms with Crippen molar-refractivity contribution in [2.24, 2.45) is 0 Å². The van der Waals surface area contributed by atoms with Gasteiger partial charge in [0.2, 0.25) is 0 Å². The molecule has 0 rings (SSSR count). The van der Waals surface area contributed by atoms with Crippen LogP contribution >= 0.6 is 7.82 Å². The third kappa shape index (κ3) is 16.3. The zero-order chi connectivity index (χ0) is 30.9. The lowest BCUT2D eigenvalue weighted by molar-refractivity contribution is 0.197. The first-order valence-corrected chi connectivity index (χ1v) is 18.2. The molecule has 0 aromatic heterocycles. The standard InChI is InChI=1S/C36H63O4P/c1-10-19-28-34(31(22-13-4)23-14-5)38-41(37,39-35(29-20-11-2)32(24-15-6)25-16-7)40-36(30-21-12-3)33(26-17-8)27-18-9/h22,24,26,28-30H,10-21,23,25,27H2,1-9H3/b31-22+,32-24+,33-26+,34-28-,35-29-,36-30-. The van der Waals surface area contributed by atoms with E-state index in [1.54, 1.807) is 0 Å². The van der Waals surface area contributed by atoms with Crippen LogP contribution in [-0.4, -0.2) is 0 Å². The number of hydrogen-bond acceptors (Lipinski definition) is 4. The normalized spacial score (nSPS) is 14.5. The summed E-state index contributed by atoms with van der Waals surface area (Å²) in [6, 6.07) is 0. The van der Waals surface area contributed by atoms with Gasteiger partial charge in [0.05, 0.1) is 0 Å². The van der Waals surface area contributed by atoms with Crippen molar-refractivity contribution >= 4 is 7.82 Å². The highest BCUT2D eigenvalue weighted by molar-refractivity contribution is 7.48. The second-order valence-corrected chi connectivity index (χ2v) is 11.9. The first kappa shape index (κ1) is 39.1. The fourth-order valence-corrected chi connectivity index (χ4v) is 5.86. The molecule has 0 aromatic carbocycles. The number of phosphoric ester groups is 1. The van der Waals surface area contributed by atoms with Gasteiger partial charge < -0.3 is 13.6 Å². The topological polar surface area (TPSA) is 44.8 Å². The largest absolute Gasteiger partial charge is 0.647 e. The number of phosphoric acid groups is 1. The van der Waals surface area contributed by atoms with E-state index in [1.807, 2.05) is 0 Å². The van der Waals surface area contributed by atoms with Gasteiger partial charge in [-0.15, -0.1) is 0 Å². The van der Waals surface area contributed by atoms with Gasteiger partial charge in [-0.3, -0.25) is 0 Å². The lowest BCUT2D eigenvalue weighted by atomic mass is 10.1. The molecule has 0 aliphatic carbocycles. The monoisotopic (exact) mass is 590 g/mol. The smallest absolute Gasteiger partial charge is 0.386 e. The van der Waals surface area contributed by atoms with E-state index in [9.17, 15) is 0 Å². The number of rotatable bonds is 24. The Morgan fingerprint density at radius 2 is 0.707 bits per heavy atom. The van der Waals surface area contributed by atoms with Crippen molar-refractivity contribution in [3.63, 3.8) is 0 Å². The number of allylic oxidation sites excluding steroid dienone is 9. The van der Waals surface area contributed by atoms with Crippen molar-refractivity contribution in [1.29, 1.82) is 0 Å². The Hall–Kier alpha value is -1.93. The predicted octanol–water partition coefficient (Wildman–Crippen LogP) is 13.6. The van der Waals surface area contributed by atoms with Crippen LogP contribution < -0.4 is 0 Å². The van der Waals surface area contributed by atoms with Crippen molar-refractivity contribution < 1.29 is 18.1 Å². The number of hydrogen-bond donors (Lipinski definition) is 0. The average molecular weight is 591 g/mol. The van der Waals surface area contributed by atoms with Gasteiger partial charge in [-0.05, 0) is 92.7 Å². The van der Waals surface area contributed by atoms with Crippen LogP contribution in [0.3, 0.4) is 0 Å². The molecule has 0 saturated carbocycles. The second-order valence-electron chi connectivity index (χ2n) is 10.5. The van der Waals surface area contributed by atoms with Crippen molar-refractivity contribution in [2.75, 3.05) is 0 Å². The van der Waals surface area contributed by atoms with Crippen LogP contribution in [0.1, 0.15) is 159 Å². The van der Waals surface area contributed by atoms with E-state index in [0.717, 1.165) is 113 Å². The highest BCUT2D eigenvalue weighted by Crippen LogP contribution is 2.58. The van der Waals surface area contributed by atoms with E-state index in [1.165, 1.54) is 0 Å². The molecule has 0 unspecified atom stereocenters. The van der Waals surface area contributed by atoms with E-state index in [-0.39, 0.29) is 0 Å². The molecule has 0 fully saturated rings. The van der Waals surface area contributed by atoms with Crippen LogP contribution in [0.25, 0.3) is 0 Å². The molecule has 5 heteroatoms. The summed E-state index contributed by atoms with van der Waals surface area (Å²) in [5.41, 5.74) is 3.18. The van der Waals surface area contributed by atoms with Gasteiger partial charge in [0.25, 0.3) is 0 Å². The van der Waals surface area contributed by atoms with E-state index >= 15 is 4.57 Å². The summed E-state index contributed by atoms with van der Waals surface area (Å²) in [5.74, 6) is 1.87. The minimum Gasteiger partial charge on any atom is -0.386 e. The zero-order valence-electron chi connectivity index (χ0n) is 28.2. The van der Waals surface area contributed by atoms with Crippen molar-refractivity contribution in [1.82, 2.24) is 0 Å². The maximum atomic E-state index is 15.0. The zero-order valence-corrected chi connectivity index (χ0v) is 29.0. The van der Waals surface area contributed by atoms with Gasteiger partial charge in [0.1, 0.15) is 17.3 Å². The van der Waals surface area contributed by atoms with Gasteiger partial charge in [-0.25, -0.2) is 0 Å². The predicted molar refractivity (Wildman–Crippen MR) is 180 cm³/mol. The molecule has 0 aliphatic rings. The Morgan fingerprint density at radius 3 is 0.902 bits per heavy atom. The van der Waals surface area contributed by atoms with E-state index in [4.69, 9.17) is 13.6 Å². The molecule has 0 atom stereocenters. The minimum absolute atomic E-state index is 0.622. The molecular weight excluding hydrogens is 527 g/mol. The SMILES string of the molecule is CC/C=C(CCC)/C(=C/CCC)OP(=O)(OC(=C\CCC)/C(=C/CC)CCC)OC(=C\CCC)/C(=C/CC)CCC.